The van der Waals surface area contributed by atoms with E-state index < -0.39 is 0 Å². The molecule has 9 heteroatoms. The number of aromatic nitrogens is 3. The van der Waals surface area contributed by atoms with Crippen LogP contribution in [0.2, 0.25) is 10.0 Å². The van der Waals surface area contributed by atoms with Crippen molar-refractivity contribution in [3.05, 3.63) is 34.1 Å². The Bertz CT molecular complexity index is 768. The number of aryl methyl sites for hydroxylation is 1. The van der Waals surface area contributed by atoms with Gasteiger partial charge in [0.05, 0.1) is 10.8 Å². The van der Waals surface area contributed by atoms with E-state index in [1.807, 2.05) is 6.26 Å². The molecule has 2 rings (SSSR count). The van der Waals surface area contributed by atoms with E-state index in [-0.39, 0.29) is 5.91 Å². The van der Waals surface area contributed by atoms with Gasteiger partial charge in [-0.25, -0.2) is 0 Å². The Morgan fingerprint density at radius 3 is 2.78 bits per heavy atom. The van der Waals surface area contributed by atoms with Crippen molar-refractivity contribution in [2.75, 3.05) is 18.6 Å². The fourth-order valence-electron chi connectivity index (χ4n) is 2.46. The number of halogens is 2. The van der Waals surface area contributed by atoms with E-state index >= 15 is 0 Å². The summed E-state index contributed by atoms with van der Waals surface area (Å²) in [6.07, 6.45) is 3.61. The van der Waals surface area contributed by atoms with E-state index in [2.05, 4.69) is 33.9 Å². The Hall–Kier alpha value is -0.890. The first kappa shape index (κ1) is 22.4. The van der Waals surface area contributed by atoms with Crippen molar-refractivity contribution in [2.24, 2.45) is 5.92 Å². The van der Waals surface area contributed by atoms with Crippen LogP contribution in [0.4, 0.5) is 0 Å². The maximum Gasteiger partial charge on any atom is 0.230 e. The van der Waals surface area contributed by atoms with Crippen molar-refractivity contribution < 1.29 is 4.79 Å². The van der Waals surface area contributed by atoms with Gasteiger partial charge in [-0.1, -0.05) is 48.8 Å². The average Bonchev–Trinajstić information content (AvgIpc) is 3.00. The lowest BCUT2D eigenvalue weighted by molar-refractivity contribution is -0.118. The van der Waals surface area contributed by atoms with Crippen LogP contribution in [-0.4, -0.2) is 39.2 Å². The fraction of sp³-hybridized carbons (Fsp3) is 0.500. The molecule has 27 heavy (non-hydrogen) atoms. The molecule has 0 saturated heterocycles. The minimum atomic E-state index is -0.0236. The molecule has 0 unspecified atom stereocenters. The number of hydrogen-bond donors (Lipinski definition) is 1. The largest absolute Gasteiger partial charge is 0.355 e. The number of hydrogen-bond acceptors (Lipinski definition) is 5. The van der Waals surface area contributed by atoms with Gasteiger partial charge in [0, 0.05) is 29.4 Å². The van der Waals surface area contributed by atoms with Gasteiger partial charge < -0.3 is 9.88 Å². The third kappa shape index (κ3) is 7.22. The molecule has 2 aromatic rings. The summed E-state index contributed by atoms with van der Waals surface area (Å²) in [6, 6.07) is 5.24. The minimum Gasteiger partial charge on any atom is -0.355 e. The van der Waals surface area contributed by atoms with Crippen LogP contribution in [0, 0.1) is 5.92 Å². The standard InChI is InChI=1S/C18H24Cl2N4OS2/c1-12(2)10-24-16(22-23-18(24)26-3)5-4-8-21-17(25)11-27-15-9-13(19)6-7-14(15)20/h6-7,9,12H,4-5,8,10-11H2,1-3H3,(H,21,25). The fourth-order valence-corrected chi connectivity index (χ4v) is 4.31. The van der Waals surface area contributed by atoms with E-state index in [4.69, 9.17) is 23.2 Å². The molecule has 0 atom stereocenters. The molecular weight excluding hydrogens is 423 g/mol. The summed E-state index contributed by atoms with van der Waals surface area (Å²) in [6.45, 7) is 5.86. The number of nitrogens with zero attached hydrogens (tertiary/aromatic N) is 3. The molecule has 0 bridgehead atoms. The SMILES string of the molecule is CSc1nnc(CCCNC(=O)CSc2cc(Cl)ccc2Cl)n1CC(C)C. The van der Waals surface area contributed by atoms with Crippen LogP contribution in [0.3, 0.4) is 0 Å². The van der Waals surface area contributed by atoms with Crippen molar-refractivity contribution in [2.45, 2.75) is 43.3 Å². The van der Waals surface area contributed by atoms with Crippen molar-refractivity contribution in [3.63, 3.8) is 0 Å². The molecule has 0 radical (unpaired) electrons. The molecule has 1 N–H and O–H groups in total. The quantitative estimate of drug-likeness (QED) is 0.419. The van der Waals surface area contributed by atoms with Crippen molar-refractivity contribution in [1.82, 2.24) is 20.1 Å². The third-order valence-electron chi connectivity index (χ3n) is 3.68. The van der Waals surface area contributed by atoms with E-state index in [9.17, 15) is 4.79 Å². The summed E-state index contributed by atoms with van der Waals surface area (Å²) in [5, 5.41) is 13.6. The lowest BCUT2D eigenvalue weighted by Gasteiger charge is -2.11. The highest BCUT2D eigenvalue weighted by molar-refractivity contribution is 8.00. The maximum atomic E-state index is 12.0. The number of nitrogens with one attached hydrogen (secondary N) is 1. The first-order valence-electron chi connectivity index (χ1n) is 8.71. The molecule has 5 nitrogen and oxygen atoms in total. The lowest BCUT2D eigenvalue weighted by atomic mass is 10.2. The van der Waals surface area contributed by atoms with Gasteiger partial charge in [0.1, 0.15) is 5.82 Å². The normalized spacial score (nSPS) is 11.2. The summed E-state index contributed by atoms with van der Waals surface area (Å²) < 4.78 is 2.17. The first-order valence-corrected chi connectivity index (χ1v) is 11.7. The van der Waals surface area contributed by atoms with Crippen LogP contribution >= 0.6 is 46.7 Å². The summed E-state index contributed by atoms with van der Waals surface area (Å²) in [5.41, 5.74) is 0. The van der Waals surface area contributed by atoms with Crippen molar-refractivity contribution >= 4 is 52.6 Å². The predicted molar refractivity (Wildman–Crippen MR) is 115 cm³/mol. The van der Waals surface area contributed by atoms with Gasteiger partial charge in [0.15, 0.2) is 5.16 Å². The molecule has 0 aliphatic rings. The highest BCUT2D eigenvalue weighted by Gasteiger charge is 2.12. The zero-order valence-electron chi connectivity index (χ0n) is 15.7. The van der Waals surface area contributed by atoms with Crippen LogP contribution in [0.15, 0.2) is 28.3 Å². The topological polar surface area (TPSA) is 59.8 Å². The summed E-state index contributed by atoms with van der Waals surface area (Å²) in [7, 11) is 0. The molecule has 0 spiro atoms. The smallest absolute Gasteiger partial charge is 0.230 e. The Kier molecular flexibility index (Phi) is 9.29. The maximum absolute atomic E-state index is 12.0. The van der Waals surface area contributed by atoms with Crippen LogP contribution in [0.25, 0.3) is 0 Å². The summed E-state index contributed by atoms with van der Waals surface area (Å²) in [4.78, 5) is 12.9. The highest BCUT2D eigenvalue weighted by atomic mass is 35.5. The third-order valence-corrected chi connectivity index (χ3v) is 6.07. The van der Waals surface area contributed by atoms with Gasteiger partial charge in [-0.2, -0.15) is 0 Å². The number of carbonyl (C=O) groups is 1. The molecule has 0 aliphatic carbocycles. The van der Waals surface area contributed by atoms with Gasteiger partial charge in [-0.15, -0.1) is 22.0 Å². The van der Waals surface area contributed by atoms with Gasteiger partial charge in [-0.05, 0) is 36.8 Å². The minimum absolute atomic E-state index is 0.0236. The van der Waals surface area contributed by atoms with Crippen LogP contribution < -0.4 is 5.32 Å². The Labute approximate surface area is 179 Å². The number of benzene rings is 1. The number of amides is 1. The first-order chi connectivity index (χ1) is 12.9. The Morgan fingerprint density at radius 2 is 2.07 bits per heavy atom. The molecule has 0 fully saturated rings. The van der Waals surface area contributed by atoms with Crippen LogP contribution in [-0.2, 0) is 17.8 Å². The predicted octanol–water partition coefficient (Wildman–Crippen LogP) is 4.80. The summed E-state index contributed by atoms with van der Waals surface area (Å²) in [5.74, 6) is 1.78. The molecular formula is C18H24Cl2N4OS2. The van der Waals surface area contributed by atoms with E-state index in [0.717, 1.165) is 35.3 Å². The monoisotopic (exact) mass is 446 g/mol. The Balaban J connectivity index is 1.76. The second kappa shape index (κ2) is 11.2. The second-order valence-corrected chi connectivity index (χ2v) is 9.06. The zero-order chi connectivity index (χ0) is 19.8. The van der Waals surface area contributed by atoms with Crippen LogP contribution in [0.5, 0.6) is 0 Å². The van der Waals surface area contributed by atoms with Gasteiger partial charge in [-0.3, -0.25) is 4.79 Å². The van der Waals surface area contributed by atoms with Gasteiger partial charge >= 0.3 is 0 Å². The molecule has 0 saturated carbocycles. The van der Waals surface area contributed by atoms with E-state index in [1.165, 1.54) is 11.8 Å². The molecule has 0 aliphatic heterocycles. The highest BCUT2D eigenvalue weighted by Crippen LogP contribution is 2.29. The average molecular weight is 447 g/mol. The second-order valence-electron chi connectivity index (χ2n) is 6.42. The summed E-state index contributed by atoms with van der Waals surface area (Å²) >= 11 is 15.1. The van der Waals surface area contributed by atoms with Crippen molar-refractivity contribution in [3.8, 4) is 0 Å². The van der Waals surface area contributed by atoms with Crippen LogP contribution in [0.1, 0.15) is 26.1 Å². The molecule has 1 aromatic carbocycles. The molecule has 1 amide bonds. The van der Waals surface area contributed by atoms with Crippen molar-refractivity contribution in [1.29, 1.82) is 0 Å². The zero-order valence-corrected chi connectivity index (χ0v) is 18.8. The van der Waals surface area contributed by atoms with Gasteiger partial charge in [0.2, 0.25) is 5.91 Å². The van der Waals surface area contributed by atoms with E-state index in [1.54, 1.807) is 30.0 Å². The number of carbonyl (C=O) groups excluding carboxylic acids is 1. The number of thioether (sulfide) groups is 2. The number of rotatable bonds is 10. The molecule has 148 valence electrons. The molecule has 1 aromatic heterocycles. The lowest BCUT2D eigenvalue weighted by Crippen LogP contribution is -2.26. The Morgan fingerprint density at radius 1 is 1.30 bits per heavy atom. The van der Waals surface area contributed by atoms with E-state index in [0.29, 0.717) is 28.3 Å². The molecule has 1 heterocycles. The van der Waals surface area contributed by atoms with Gasteiger partial charge in [0.25, 0.3) is 0 Å².